The molecule has 0 saturated heterocycles. The van der Waals surface area contributed by atoms with E-state index in [2.05, 4.69) is 20.8 Å². The quantitative estimate of drug-likeness (QED) is 0.547. The van der Waals surface area contributed by atoms with Gasteiger partial charge in [0.15, 0.2) is 0 Å². The van der Waals surface area contributed by atoms with Gasteiger partial charge in [0.05, 0.1) is 6.26 Å². The fourth-order valence-corrected chi connectivity index (χ4v) is 3.21. The maximum atomic E-state index is 9.12. The molecule has 2 saturated carbocycles. The average Bonchev–Trinajstić information content (AvgIpc) is 2.34. The zero-order valence-electron chi connectivity index (χ0n) is 8.22. The largest absolute Gasteiger partial charge is 0.516 e. The minimum Gasteiger partial charge on any atom is -0.516 e. The Labute approximate surface area is 74.5 Å². The summed E-state index contributed by atoms with van der Waals surface area (Å²) in [4.78, 5) is 0. The molecule has 0 spiro atoms. The molecule has 68 valence electrons. The third-order valence-electron chi connectivity index (χ3n) is 4.77. The van der Waals surface area contributed by atoms with E-state index >= 15 is 0 Å². The number of rotatable bonds is 0. The van der Waals surface area contributed by atoms with E-state index in [0.29, 0.717) is 5.41 Å². The van der Waals surface area contributed by atoms with Crippen LogP contribution in [0, 0.1) is 16.7 Å². The van der Waals surface area contributed by atoms with Gasteiger partial charge in [0.1, 0.15) is 0 Å². The molecule has 1 nitrogen and oxygen atoms in total. The zero-order chi connectivity index (χ0) is 8.98. The van der Waals surface area contributed by atoms with Crippen molar-refractivity contribution in [3.05, 3.63) is 11.8 Å². The van der Waals surface area contributed by atoms with Gasteiger partial charge in [-0.25, -0.2) is 0 Å². The first kappa shape index (κ1) is 8.15. The van der Waals surface area contributed by atoms with E-state index in [1.54, 1.807) is 0 Å². The first-order valence-corrected chi connectivity index (χ1v) is 4.86. The van der Waals surface area contributed by atoms with Crippen LogP contribution in [0.3, 0.4) is 0 Å². The molecular weight excluding hydrogens is 148 g/mol. The lowest BCUT2D eigenvalue weighted by molar-refractivity contribution is 0.177. The monoisotopic (exact) mass is 166 g/mol. The van der Waals surface area contributed by atoms with Crippen LogP contribution in [0.25, 0.3) is 0 Å². The summed E-state index contributed by atoms with van der Waals surface area (Å²) in [5, 5.41) is 9.12. The number of fused-ring (bicyclic) bond motifs is 2. The van der Waals surface area contributed by atoms with Gasteiger partial charge in [-0.2, -0.15) is 0 Å². The Morgan fingerprint density at radius 1 is 1.42 bits per heavy atom. The molecule has 12 heavy (non-hydrogen) atoms. The Morgan fingerprint density at radius 3 is 2.33 bits per heavy atom. The second kappa shape index (κ2) is 2.07. The van der Waals surface area contributed by atoms with Crippen LogP contribution in [0.1, 0.15) is 40.0 Å². The van der Waals surface area contributed by atoms with Gasteiger partial charge in [-0.15, -0.1) is 0 Å². The minimum absolute atomic E-state index is 0.284. The molecule has 2 aliphatic carbocycles. The Balaban J connectivity index is 2.46. The molecule has 0 amide bonds. The fraction of sp³-hybridized carbons (Fsp3) is 0.818. The SMILES string of the molecule is CC12CCC(C/C1=C/O)C2(C)C. The molecule has 1 heteroatoms. The minimum atomic E-state index is 0.284. The van der Waals surface area contributed by atoms with Gasteiger partial charge in [-0.3, -0.25) is 0 Å². The summed E-state index contributed by atoms with van der Waals surface area (Å²) in [6.45, 7) is 7.00. The molecule has 2 bridgehead atoms. The predicted octanol–water partition coefficient (Wildman–Crippen LogP) is 3.27. The van der Waals surface area contributed by atoms with E-state index in [4.69, 9.17) is 5.11 Å². The Morgan fingerprint density at radius 2 is 2.08 bits per heavy atom. The second-order valence-corrected chi connectivity index (χ2v) is 5.15. The molecule has 2 unspecified atom stereocenters. The summed E-state index contributed by atoms with van der Waals surface area (Å²) in [7, 11) is 0. The predicted molar refractivity (Wildman–Crippen MR) is 49.9 cm³/mol. The van der Waals surface area contributed by atoms with E-state index in [1.807, 2.05) is 0 Å². The third kappa shape index (κ3) is 0.657. The van der Waals surface area contributed by atoms with Crippen molar-refractivity contribution in [1.82, 2.24) is 0 Å². The summed E-state index contributed by atoms with van der Waals surface area (Å²) >= 11 is 0. The Hall–Kier alpha value is -0.460. The summed E-state index contributed by atoms with van der Waals surface area (Å²) in [6.07, 6.45) is 5.10. The normalized spacial score (nSPS) is 47.2. The lowest BCUT2D eigenvalue weighted by Crippen LogP contribution is -2.28. The van der Waals surface area contributed by atoms with Crippen LogP contribution >= 0.6 is 0 Å². The highest BCUT2D eigenvalue weighted by atomic mass is 16.2. The van der Waals surface area contributed by atoms with Gasteiger partial charge in [0.2, 0.25) is 0 Å². The van der Waals surface area contributed by atoms with E-state index in [0.717, 1.165) is 12.3 Å². The van der Waals surface area contributed by atoms with Crippen LogP contribution in [0.5, 0.6) is 0 Å². The van der Waals surface area contributed by atoms with Crippen molar-refractivity contribution >= 4 is 0 Å². The Kier molecular flexibility index (Phi) is 1.40. The van der Waals surface area contributed by atoms with E-state index < -0.39 is 0 Å². The molecule has 0 aromatic rings. The summed E-state index contributed by atoms with van der Waals surface area (Å²) in [5.41, 5.74) is 1.97. The van der Waals surface area contributed by atoms with E-state index in [9.17, 15) is 0 Å². The van der Waals surface area contributed by atoms with Crippen LogP contribution < -0.4 is 0 Å². The van der Waals surface area contributed by atoms with Crippen molar-refractivity contribution in [2.24, 2.45) is 16.7 Å². The number of aliphatic hydroxyl groups is 1. The molecule has 0 heterocycles. The molecule has 0 aromatic heterocycles. The van der Waals surface area contributed by atoms with Crippen molar-refractivity contribution in [2.45, 2.75) is 40.0 Å². The summed E-state index contributed by atoms with van der Waals surface area (Å²) in [5.74, 6) is 0.806. The van der Waals surface area contributed by atoms with Gasteiger partial charge < -0.3 is 5.11 Å². The van der Waals surface area contributed by atoms with Gasteiger partial charge in [-0.05, 0) is 41.6 Å². The van der Waals surface area contributed by atoms with E-state index in [1.165, 1.54) is 24.7 Å². The van der Waals surface area contributed by atoms with Crippen LogP contribution in [-0.2, 0) is 0 Å². The third-order valence-corrected chi connectivity index (χ3v) is 4.77. The van der Waals surface area contributed by atoms with Crippen molar-refractivity contribution in [2.75, 3.05) is 0 Å². The molecule has 0 radical (unpaired) electrons. The smallest absolute Gasteiger partial charge is 0.0789 e. The maximum Gasteiger partial charge on any atom is 0.0789 e. The molecular formula is C11H18O. The second-order valence-electron chi connectivity index (χ2n) is 5.15. The van der Waals surface area contributed by atoms with Crippen molar-refractivity contribution in [3.63, 3.8) is 0 Å². The standard InChI is InChI=1S/C11H18O/c1-10(2)8-4-5-11(10,3)9(6-8)7-12/h7-8,12H,4-6H2,1-3H3/b9-7-. The van der Waals surface area contributed by atoms with Crippen molar-refractivity contribution in [1.29, 1.82) is 0 Å². The molecule has 2 atom stereocenters. The molecule has 2 rings (SSSR count). The number of hydrogen-bond acceptors (Lipinski definition) is 1. The average molecular weight is 166 g/mol. The first-order chi connectivity index (χ1) is 5.52. The highest BCUT2D eigenvalue weighted by molar-refractivity contribution is 5.27. The van der Waals surface area contributed by atoms with Crippen molar-refractivity contribution < 1.29 is 5.11 Å². The maximum absolute atomic E-state index is 9.12. The van der Waals surface area contributed by atoms with E-state index in [-0.39, 0.29) is 5.41 Å². The summed E-state index contributed by atoms with van der Waals surface area (Å²) in [6, 6.07) is 0. The highest BCUT2D eigenvalue weighted by Gasteiger charge is 2.58. The highest BCUT2D eigenvalue weighted by Crippen LogP contribution is 2.67. The van der Waals surface area contributed by atoms with Gasteiger partial charge >= 0.3 is 0 Å². The zero-order valence-corrected chi connectivity index (χ0v) is 8.22. The van der Waals surface area contributed by atoms with Gasteiger partial charge in [-0.1, -0.05) is 20.8 Å². The first-order valence-electron chi connectivity index (χ1n) is 4.86. The lowest BCUT2D eigenvalue weighted by Gasteiger charge is -2.35. The van der Waals surface area contributed by atoms with Crippen LogP contribution in [0.4, 0.5) is 0 Å². The number of hydrogen-bond donors (Lipinski definition) is 1. The number of aliphatic hydroxyl groups excluding tert-OH is 1. The molecule has 1 N–H and O–H groups in total. The number of allylic oxidation sites excluding steroid dienone is 1. The Bertz CT molecular complexity index is 239. The summed E-state index contributed by atoms with van der Waals surface area (Å²) < 4.78 is 0. The van der Waals surface area contributed by atoms with Crippen LogP contribution in [0.15, 0.2) is 11.8 Å². The topological polar surface area (TPSA) is 20.2 Å². The molecule has 0 aliphatic heterocycles. The lowest BCUT2D eigenvalue weighted by atomic mass is 9.69. The van der Waals surface area contributed by atoms with Crippen LogP contribution in [-0.4, -0.2) is 5.11 Å². The fourth-order valence-electron chi connectivity index (χ4n) is 3.21. The molecule has 2 fully saturated rings. The molecule has 0 aromatic carbocycles. The van der Waals surface area contributed by atoms with Crippen molar-refractivity contribution in [3.8, 4) is 0 Å². The molecule has 2 aliphatic rings. The van der Waals surface area contributed by atoms with Gasteiger partial charge in [0, 0.05) is 0 Å². The van der Waals surface area contributed by atoms with Crippen LogP contribution in [0.2, 0.25) is 0 Å². The van der Waals surface area contributed by atoms with Gasteiger partial charge in [0.25, 0.3) is 0 Å².